The van der Waals surface area contributed by atoms with Crippen molar-refractivity contribution in [2.24, 2.45) is 16.3 Å². The van der Waals surface area contributed by atoms with Crippen LogP contribution in [0, 0.1) is 5.41 Å². The van der Waals surface area contributed by atoms with Crippen LogP contribution in [0.1, 0.15) is 38.4 Å². The van der Waals surface area contributed by atoms with E-state index in [1.54, 1.807) is 12.3 Å². The Morgan fingerprint density at radius 2 is 2.22 bits per heavy atom. The van der Waals surface area contributed by atoms with Crippen LogP contribution >= 0.6 is 0 Å². The maximum Gasteiger partial charge on any atom is 0.188 e. The van der Waals surface area contributed by atoms with E-state index in [4.69, 9.17) is 15.7 Å². The Labute approximate surface area is 108 Å². The lowest BCUT2D eigenvalue weighted by Gasteiger charge is -2.17. The molecule has 1 heterocycles. The van der Waals surface area contributed by atoms with Crippen LogP contribution in [-0.4, -0.2) is 22.6 Å². The maximum absolute atomic E-state index is 8.57. The van der Waals surface area contributed by atoms with E-state index in [-0.39, 0.29) is 11.3 Å². The van der Waals surface area contributed by atoms with Gasteiger partial charge in [-0.1, -0.05) is 25.9 Å². The van der Waals surface area contributed by atoms with E-state index in [2.05, 4.69) is 30.9 Å². The van der Waals surface area contributed by atoms with Crippen LogP contribution in [0.3, 0.4) is 0 Å². The molecule has 0 aliphatic rings. The number of aromatic nitrogens is 1. The van der Waals surface area contributed by atoms with Crippen LogP contribution < -0.4 is 5.73 Å². The molecule has 5 heteroatoms. The number of amidine groups is 1. The molecule has 0 fully saturated rings. The summed E-state index contributed by atoms with van der Waals surface area (Å²) in [4.78, 5) is 4.01. The monoisotopic (exact) mass is 251 g/mol. The third kappa shape index (κ3) is 5.14. The van der Waals surface area contributed by atoms with Gasteiger partial charge in [-0.05, 0) is 29.5 Å². The molecule has 0 amide bonds. The van der Waals surface area contributed by atoms with Crippen LogP contribution in [0.25, 0.3) is 0 Å². The standard InChI is InChI=1S/C13H21N3O2/c1-13(2,3)5-7-18-9-10-4-6-15-11(8-10)12(14)16-17/h4,6,8,17H,5,7,9H2,1-3H3,(H2,14,16). The molecule has 1 rings (SSSR count). The Morgan fingerprint density at radius 3 is 2.83 bits per heavy atom. The number of nitrogens with two attached hydrogens (primary N) is 1. The highest BCUT2D eigenvalue weighted by atomic mass is 16.5. The highest BCUT2D eigenvalue weighted by Gasteiger charge is 2.09. The van der Waals surface area contributed by atoms with Crippen molar-refractivity contribution in [2.75, 3.05) is 6.61 Å². The van der Waals surface area contributed by atoms with Crippen LogP contribution in [0.15, 0.2) is 23.5 Å². The fraction of sp³-hybridized carbons (Fsp3) is 0.538. The molecule has 0 spiro atoms. The van der Waals surface area contributed by atoms with Crippen molar-refractivity contribution in [3.8, 4) is 0 Å². The van der Waals surface area contributed by atoms with Gasteiger partial charge in [0.1, 0.15) is 5.69 Å². The van der Waals surface area contributed by atoms with Gasteiger partial charge in [0.05, 0.1) is 6.61 Å². The second kappa shape index (κ2) is 6.35. The Kier molecular flexibility index (Phi) is 5.09. The summed E-state index contributed by atoms with van der Waals surface area (Å²) in [7, 11) is 0. The van der Waals surface area contributed by atoms with Crippen molar-refractivity contribution >= 4 is 5.84 Å². The molecule has 0 unspecified atom stereocenters. The molecule has 0 radical (unpaired) electrons. The average molecular weight is 251 g/mol. The second-order valence-corrected chi connectivity index (χ2v) is 5.40. The van der Waals surface area contributed by atoms with Gasteiger partial charge in [-0.2, -0.15) is 0 Å². The van der Waals surface area contributed by atoms with Crippen molar-refractivity contribution in [2.45, 2.75) is 33.8 Å². The minimum Gasteiger partial charge on any atom is -0.409 e. The summed E-state index contributed by atoms with van der Waals surface area (Å²) in [5.74, 6) is 0.00606. The Morgan fingerprint density at radius 1 is 1.50 bits per heavy atom. The van der Waals surface area contributed by atoms with Gasteiger partial charge < -0.3 is 15.7 Å². The van der Waals surface area contributed by atoms with Crippen LogP contribution in [0.2, 0.25) is 0 Å². The minimum atomic E-state index is 0.00606. The molecule has 0 saturated carbocycles. The lowest BCUT2D eigenvalue weighted by atomic mass is 9.93. The largest absolute Gasteiger partial charge is 0.409 e. The summed E-state index contributed by atoms with van der Waals surface area (Å²) in [6.45, 7) is 7.76. The zero-order valence-electron chi connectivity index (χ0n) is 11.2. The molecule has 0 aliphatic carbocycles. The molecule has 0 aromatic carbocycles. The first kappa shape index (κ1) is 14.4. The fourth-order valence-corrected chi connectivity index (χ4v) is 1.32. The van der Waals surface area contributed by atoms with Gasteiger partial charge in [0.15, 0.2) is 5.84 Å². The second-order valence-electron chi connectivity index (χ2n) is 5.40. The maximum atomic E-state index is 8.57. The molecule has 100 valence electrons. The lowest BCUT2D eigenvalue weighted by Crippen LogP contribution is -2.15. The van der Waals surface area contributed by atoms with Gasteiger partial charge in [0, 0.05) is 12.8 Å². The summed E-state index contributed by atoms with van der Waals surface area (Å²) in [5.41, 5.74) is 7.16. The first-order chi connectivity index (χ1) is 8.42. The van der Waals surface area contributed by atoms with Crippen molar-refractivity contribution in [3.05, 3.63) is 29.6 Å². The summed E-state index contributed by atoms with van der Waals surface area (Å²) in [6, 6.07) is 3.61. The minimum absolute atomic E-state index is 0.00606. The zero-order chi connectivity index (χ0) is 13.6. The molecule has 0 aliphatic heterocycles. The summed E-state index contributed by atoms with van der Waals surface area (Å²) < 4.78 is 5.59. The van der Waals surface area contributed by atoms with Crippen molar-refractivity contribution in [1.82, 2.24) is 4.98 Å². The quantitative estimate of drug-likeness (QED) is 0.276. The number of oxime groups is 1. The van der Waals surface area contributed by atoms with Gasteiger partial charge in [-0.3, -0.25) is 4.98 Å². The van der Waals surface area contributed by atoms with Crippen LogP contribution in [-0.2, 0) is 11.3 Å². The van der Waals surface area contributed by atoms with Gasteiger partial charge in [-0.15, -0.1) is 0 Å². The third-order valence-electron chi connectivity index (χ3n) is 2.46. The Bertz CT molecular complexity index is 411. The van der Waals surface area contributed by atoms with Crippen molar-refractivity contribution in [3.63, 3.8) is 0 Å². The van der Waals surface area contributed by atoms with E-state index in [9.17, 15) is 0 Å². The molecule has 1 aromatic rings. The summed E-state index contributed by atoms with van der Waals surface area (Å²) in [6.07, 6.45) is 2.63. The first-order valence-corrected chi connectivity index (χ1v) is 5.93. The van der Waals surface area contributed by atoms with Gasteiger partial charge in [0.2, 0.25) is 0 Å². The number of ether oxygens (including phenoxy) is 1. The third-order valence-corrected chi connectivity index (χ3v) is 2.46. The molecule has 0 saturated heterocycles. The van der Waals surface area contributed by atoms with Crippen LogP contribution in [0.4, 0.5) is 0 Å². The molecular formula is C13H21N3O2. The van der Waals surface area contributed by atoms with Crippen molar-refractivity contribution in [1.29, 1.82) is 0 Å². The average Bonchev–Trinajstić information content (AvgIpc) is 2.33. The molecule has 18 heavy (non-hydrogen) atoms. The van der Waals surface area contributed by atoms with Gasteiger partial charge in [0.25, 0.3) is 0 Å². The molecule has 1 aromatic heterocycles. The Hall–Kier alpha value is -1.62. The van der Waals surface area contributed by atoms with E-state index in [1.807, 2.05) is 6.07 Å². The predicted octanol–water partition coefficient (Wildman–Crippen LogP) is 2.13. The van der Waals surface area contributed by atoms with E-state index < -0.39 is 0 Å². The molecule has 0 atom stereocenters. The molecular weight excluding hydrogens is 230 g/mol. The van der Waals surface area contributed by atoms with Gasteiger partial charge >= 0.3 is 0 Å². The van der Waals surface area contributed by atoms with Crippen molar-refractivity contribution < 1.29 is 9.94 Å². The number of hydrogen-bond acceptors (Lipinski definition) is 4. The van der Waals surface area contributed by atoms with E-state index >= 15 is 0 Å². The summed E-state index contributed by atoms with van der Waals surface area (Å²) >= 11 is 0. The molecule has 3 N–H and O–H groups in total. The number of rotatable bonds is 5. The van der Waals surface area contributed by atoms with E-state index in [0.29, 0.717) is 18.9 Å². The fourth-order valence-electron chi connectivity index (χ4n) is 1.32. The number of nitrogens with zero attached hydrogens (tertiary/aromatic N) is 2. The highest BCUT2D eigenvalue weighted by molar-refractivity contribution is 5.95. The number of hydrogen-bond donors (Lipinski definition) is 2. The molecule has 5 nitrogen and oxygen atoms in total. The van der Waals surface area contributed by atoms with Gasteiger partial charge in [-0.25, -0.2) is 0 Å². The SMILES string of the molecule is CC(C)(C)CCOCc1ccnc(C(N)=NO)c1. The first-order valence-electron chi connectivity index (χ1n) is 5.93. The normalized spacial score (nSPS) is 12.7. The summed E-state index contributed by atoms with van der Waals surface area (Å²) in [5, 5.41) is 11.5. The van der Waals surface area contributed by atoms with E-state index in [1.165, 1.54) is 0 Å². The predicted molar refractivity (Wildman–Crippen MR) is 70.5 cm³/mol. The van der Waals surface area contributed by atoms with Crippen LogP contribution in [0.5, 0.6) is 0 Å². The highest BCUT2D eigenvalue weighted by Crippen LogP contribution is 2.18. The Balaban J connectivity index is 2.48. The zero-order valence-corrected chi connectivity index (χ0v) is 11.2. The lowest BCUT2D eigenvalue weighted by molar-refractivity contribution is 0.0962. The molecule has 0 bridgehead atoms. The number of pyridine rings is 1. The topological polar surface area (TPSA) is 80.7 Å². The smallest absolute Gasteiger partial charge is 0.188 e. The van der Waals surface area contributed by atoms with E-state index in [0.717, 1.165) is 12.0 Å².